The summed E-state index contributed by atoms with van der Waals surface area (Å²) in [5.41, 5.74) is 1.14. The van der Waals surface area contributed by atoms with Crippen molar-refractivity contribution >= 4 is 15.9 Å². The monoisotopic (exact) mass is 396 g/mol. The van der Waals surface area contributed by atoms with E-state index in [1.54, 1.807) is 22.8 Å². The fourth-order valence-corrected chi connectivity index (χ4v) is 6.15. The molecular formula is C19H32N4O3S. The number of hydrogen-bond donors (Lipinski definition) is 1. The van der Waals surface area contributed by atoms with E-state index in [0.717, 1.165) is 25.7 Å². The van der Waals surface area contributed by atoms with Crippen molar-refractivity contribution < 1.29 is 13.2 Å². The van der Waals surface area contributed by atoms with Crippen molar-refractivity contribution in [3.05, 3.63) is 11.4 Å². The predicted octanol–water partition coefficient (Wildman–Crippen LogP) is 2.51. The van der Waals surface area contributed by atoms with Crippen LogP contribution in [0.5, 0.6) is 0 Å². The van der Waals surface area contributed by atoms with E-state index in [1.165, 1.54) is 25.7 Å². The number of carbonyl (C=O) groups excluding carboxylic acids is 1. The third-order valence-electron chi connectivity index (χ3n) is 5.75. The highest BCUT2D eigenvalue weighted by Crippen LogP contribution is 2.26. The highest BCUT2D eigenvalue weighted by molar-refractivity contribution is 7.89. The van der Waals surface area contributed by atoms with Crippen molar-refractivity contribution in [3.63, 3.8) is 0 Å². The van der Waals surface area contributed by atoms with E-state index < -0.39 is 10.0 Å². The Labute approximate surface area is 162 Å². The lowest BCUT2D eigenvalue weighted by atomic mass is 10.1. The van der Waals surface area contributed by atoms with Crippen LogP contribution in [-0.4, -0.2) is 47.5 Å². The van der Waals surface area contributed by atoms with E-state index >= 15 is 0 Å². The summed E-state index contributed by atoms with van der Waals surface area (Å²) in [6, 6.07) is 0.284. The van der Waals surface area contributed by atoms with Gasteiger partial charge in [-0.25, -0.2) is 8.42 Å². The standard InChI is InChI=1S/C19H32N4O3S/c1-15-19(27(25,26)22-12-7-8-13-22)16(2)23(21-15)14-11-18(24)20-17-9-5-3-4-6-10-17/h17H,3-14H2,1-2H3,(H,20,24). The van der Waals surface area contributed by atoms with Gasteiger partial charge in [-0.1, -0.05) is 25.7 Å². The van der Waals surface area contributed by atoms with Crippen LogP contribution in [0.25, 0.3) is 0 Å². The maximum atomic E-state index is 12.9. The lowest BCUT2D eigenvalue weighted by Crippen LogP contribution is -2.35. The van der Waals surface area contributed by atoms with Crippen molar-refractivity contribution in [1.29, 1.82) is 0 Å². The van der Waals surface area contributed by atoms with Gasteiger partial charge in [-0.2, -0.15) is 9.40 Å². The van der Waals surface area contributed by atoms with Gasteiger partial charge in [-0.05, 0) is 39.5 Å². The van der Waals surface area contributed by atoms with Crippen LogP contribution in [0.15, 0.2) is 4.90 Å². The van der Waals surface area contributed by atoms with E-state index in [9.17, 15) is 13.2 Å². The molecule has 7 nitrogen and oxygen atoms in total. The molecule has 1 aliphatic carbocycles. The van der Waals surface area contributed by atoms with Gasteiger partial charge in [-0.3, -0.25) is 9.48 Å². The summed E-state index contributed by atoms with van der Waals surface area (Å²) < 4.78 is 29.1. The molecule has 2 heterocycles. The van der Waals surface area contributed by atoms with Crippen molar-refractivity contribution in [3.8, 4) is 0 Å². The first-order chi connectivity index (χ1) is 12.9. The summed E-state index contributed by atoms with van der Waals surface area (Å²) in [5.74, 6) is 0.0263. The van der Waals surface area contributed by atoms with Crippen LogP contribution in [0.2, 0.25) is 0 Å². The van der Waals surface area contributed by atoms with E-state index in [-0.39, 0.29) is 11.9 Å². The number of aromatic nitrogens is 2. The molecule has 1 N–H and O–H groups in total. The molecule has 27 heavy (non-hydrogen) atoms. The van der Waals surface area contributed by atoms with Crippen LogP contribution in [0.3, 0.4) is 0 Å². The van der Waals surface area contributed by atoms with Crippen LogP contribution in [0, 0.1) is 13.8 Å². The zero-order chi connectivity index (χ0) is 19.4. The van der Waals surface area contributed by atoms with Crippen LogP contribution in [0.4, 0.5) is 0 Å². The van der Waals surface area contributed by atoms with E-state index in [2.05, 4.69) is 10.4 Å². The Hall–Kier alpha value is -1.41. The minimum absolute atomic E-state index is 0.0263. The molecule has 0 unspecified atom stereocenters. The summed E-state index contributed by atoms with van der Waals surface area (Å²) in [6.45, 7) is 5.08. The molecule has 0 atom stereocenters. The average Bonchev–Trinajstić information content (AvgIpc) is 3.17. The van der Waals surface area contributed by atoms with Gasteiger partial charge in [0.2, 0.25) is 15.9 Å². The number of nitrogens with one attached hydrogen (secondary N) is 1. The molecule has 0 radical (unpaired) electrons. The Bertz CT molecular complexity index is 758. The minimum Gasteiger partial charge on any atom is -0.353 e. The molecule has 1 aliphatic heterocycles. The number of hydrogen-bond acceptors (Lipinski definition) is 4. The smallest absolute Gasteiger partial charge is 0.246 e. The maximum Gasteiger partial charge on any atom is 0.246 e. The molecule has 1 aromatic heterocycles. The molecule has 1 aromatic rings. The first kappa shape index (κ1) is 20.3. The van der Waals surface area contributed by atoms with Gasteiger partial charge in [0.25, 0.3) is 0 Å². The van der Waals surface area contributed by atoms with Crippen LogP contribution in [-0.2, 0) is 21.4 Å². The normalized spacial score (nSPS) is 19.9. The largest absolute Gasteiger partial charge is 0.353 e. The zero-order valence-electron chi connectivity index (χ0n) is 16.5. The highest BCUT2D eigenvalue weighted by Gasteiger charge is 2.32. The number of carbonyl (C=O) groups is 1. The second-order valence-corrected chi connectivity index (χ2v) is 9.72. The van der Waals surface area contributed by atoms with Gasteiger partial charge in [-0.15, -0.1) is 0 Å². The van der Waals surface area contributed by atoms with Gasteiger partial charge in [0.1, 0.15) is 4.90 Å². The second kappa shape index (κ2) is 8.73. The predicted molar refractivity (Wildman–Crippen MR) is 104 cm³/mol. The molecule has 1 saturated heterocycles. The maximum absolute atomic E-state index is 12.9. The molecule has 8 heteroatoms. The van der Waals surface area contributed by atoms with Gasteiger partial charge in [0.05, 0.1) is 17.9 Å². The Morgan fingerprint density at radius 1 is 1.07 bits per heavy atom. The molecular weight excluding hydrogens is 364 g/mol. The van der Waals surface area contributed by atoms with Gasteiger partial charge >= 0.3 is 0 Å². The highest BCUT2D eigenvalue weighted by atomic mass is 32.2. The SMILES string of the molecule is Cc1nn(CCC(=O)NC2CCCCCC2)c(C)c1S(=O)(=O)N1CCCC1. The molecule has 0 bridgehead atoms. The zero-order valence-corrected chi connectivity index (χ0v) is 17.4. The lowest BCUT2D eigenvalue weighted by Gasteiger charge is -2.17. The summed E-state index contributed by atoms with van der Waals surface area (Å²) in [4.78, 5) is 12.6. The second-order valence-electron chi connectivity index (χ2n) is 7.84. The van der Waals surface area contributed by atoms with Crippen LogP contribution >= 0.6 is 0 Å². The van der Waals surface area contributed by atoms with E-state index in [0.29, 0.717) is 42.3 Å². The van der Waals surface area contributed by atoms with Crippen molar-refractivity contribution in [2.75, 3.05) is 13.1 Å². The molecule has 1 amide bonds. The fourth-order valence-electron chi connectivity index (χ4n) is 4.26. The van der Waals surface area contributed by atoms with E-state index in [4.69, 9.17) is 0 Å². The third-order valence-corrected chi connectivity index (χ3v) is 7.90. The molecule has 0 spiro atoms. The number of sulfonamides is 1. The Morgan fingerprint density at radius 2 is 1.70 bits per heavy atom. The summed E-state index contributed by atoms with van der Waals surface area (Å²) in [7, 11) is -3.50. The van der Waals surface area contributed by atoms with Crippen molar-refractivity contribution in [1.82, 2.24) is 19.4 Å². The van der Waals surface area contributed by atoms with Crippen LogP contribution < -0.4 is 5.32 Å². The molecule has 152 valence electrons. The lowest BCUT2D eigenvalue weighted by molar-refractivity contribution is -0.122. The fraction of sp³-hybridized carbons (Fsp3) is 0.789. The van der Waals surface area contributed by atoms with E-state index in [1.807, 2.05) is 0 Å². The molecule has 2 aliphatic rings. The molecule has 0 aromatic carbocycles. The summed E-state index contributed by atoms with van der Waals surface area (Å²) in [6.07, 6.45) is 9.13. The Morgan fingerprint density at radius 3 is 2.33 bits per heavy atom. The van der Waals surface area contributed by atoms with Gasteiger partial charge < -0.3 is 5.32 Å². The number of aryl methyl sites for hydroxylation is 2. The average molecular weight is 397 g/mol. The van der Waals surface area contributed by atoms with Gasteiger partial charge in [0.15, 0.2) is 0 Å². The molecule has 1 saturated carbocycles. The topological polar surface area (TPSA) is 84.3 Å². The van der Waals surface area contributed by atoms with Crippen LogP contribution in [0.1, 0.15) is 69.2 Å². The first-order valence-corrected chi connectivity index (χ1v) is 11.7. The summed E-state index contributed by atoms with van der Waals surface area (Å²) >= 11 is 0. The number of nitrogens with zero attached hydrogens (tertiary/aromatic N) is 3. The molecule has 3 rings (SSSR count). The minimum atomic E-state index is -3.50. The first-order valence-electron chi connectivity index (χ1n) is 10.2. The number of amides is 1. The quantitative estimate of drug-likeness (QED) is 0.749. The molecule has 2 fully saturated rings. The third kappa shape index (κ3) is 4.71. The van der Waals surface area contributed by atoms with Crippen molar-refractivity contribution in [2.45, 2.75) is 89.1 Å². The number of rotatable bonds is 6. The van der Waals surface area contributed by atoms with Gasteiger partial charge in [0, 0.05) is 25.6 Å². The van der Waals surface area contributed by atoms with Crippen molar-refractivity contribution in [2.24, 2.45) is 0 Å². The summed E-state index contributed by atoms with van der Waals surface area (Å²) in [5, 5.41) is 7.55. The Balaban J connectivity index is 1.63. The Kier molecular flexibility index (Phi) is 6.57.